The van der Waals surface area contributed by atoms with Gasteiger partial charge in [-0.15, -0.1) is 0 Å². The fourth-order valence-corrected chi connectivity index (χ4v) is 4.15. The molecular formula is C18H21ClN2O4S. The molecule has 1 atom stereocenters. The van der Waals surface area contributed by atoms with Crippen LogP contribution in [0.15, 0.2) is 53.4 Å². The molecule has 140 valence electrons. The predicted molar refractivity (Wildman–Crippen MR) is 100 cm³/mol. The molecule has 3 rings (SSSR count). The highest BCUT2D eigenvalue weighted by atomic mass is 35.5. The number of halogens is 1. The van der Waals surface area contributed by atoms with Crippen molar-refractivity contribution >= 4 is 21.7 Å². The Bertz CT molecular complexity index is 854. The maximum Gasteiger partial charge on any atom is 0.340 e. The van der Waals surface area contributed by atoms with Gasteiger partial charge in [-0.3, -0.25) is 4.90 Å². The molecule has 1 unspecified atom stereocenters. The fraction of sp³-hybridized carbons (Fsp3) is 0.333. The van der Waals surface area contributed by atoms with Crippen LogP contribution in [0.3, 0.4) is 0 Å². The molecule has 1 fully saturated rings. The molecule has 0 aromatic heterocycles. The first-order chi connectivity index (χ1) is 12.5. The van der Waals surface area contributed by atoms with Gasteiger partial charge in [0.05, 0.1) is 5.02 Å². The fourth-order valence-electron chi connectivity index (χ4n) is 2.74. The summed E-state index contributed by atoms with van der Waals surface area (Å²) in [5, 5.41) is 3.41. The summed E-state index contributed by atoms with van der Waals surface area (Å²) in [7, 11) is -4.02. The highest BCUT2D eigenvalue weighted by Gasteiger charge is 2.21. The first-order valence-corrected chi connectivity index (χ1v) is 10.1. The topological polar surface area (TPSA) is 67.9 Å². The Hall–Kier alpha value is -1.80. The average molecular weight is 397 g/mol. The highest BCUT2D eigenvalue weighted by molar-refractivity contribution is 7.87. The normalized spacial score (nSPS) is 16.8. The molecule has 1 heterocycles. The Labute approximate surface area is 158 Å². The molecule has 0 bridgehead atoms. The minimum absolute atomic E-state index is 0.0674. The summed E-state index contributed by atoms with van der Waals surface area (Å²) in [6, 6.07) is 12.8. The quantitative estimate of drug-likeness (QED) is 0.757. The van der Waals surface area contributed by atoms with Crippen molar-refractivity contribution in [3.05, 3.63) is 53.6 Å². The van der Waals surface area contributed by atoms with E-state index >= 15 is 0 Å². The van der Waals surface area contributed by atoms with Gasteiger partial charge in [0.2, 0.25) is 0 Å². The summed E-state index contributed by atoms with van der Waals surface area (Å²) in [6.45, 7) is 5.62. The molecule has 2 aromatic rings. The molecule has 0 spiro atoms. The van der Waals surface area contributed by atoms with E-state index < -0.39 is 10.1 Å². The maximum atomic E-state index is 12.4. The molecule has 26 heavy (non-hydrogen) atoms. The Balaban J connectivity index is 1.72. The average Bonchev–Trinajstić information content (AvgIpc) is 2.62. The van der Waals surface area contributed by atoms with Crippen molar-refractivity contribution in [1.82, 2.24) is 10.2 Å². The van der Waals surface area contributed by atoms with E-state index in [2.05, 4.69) is 10.2 Å². The molecule has 2 aromatic carbocycles. The summed E-state index contributed by atoms with van der Waals surface area (Å²) >= 11 is 5.97. The van der Waals surface area contributed by atoms with Gasteiger partial charge in [-0.05, 0) is 31.2 Å². The zero-order valence-corrected chi connectivity index (χ0v) is 16.0. The van der Waals surface area contributed by atoms with E-state index in [1.54, 1.807) is 36.4 Å². The summed E-state index contributed by atoms with van der Waals surface area (Å²) in [6.07, 6.45) is -0.118. The SMILES string of the molecule is CC(Oc1cccc(OS(=O)(=O)c2ccccc2Cl)c1)N1CCNCC1. The van der Waals surface area contributed by atoms with Crippen LogP contribution in [0.1, 0.15) is 6.92 Å². The lowest BCUT2D eigenvalue weighted by Crippen LogP contribution is -2.49. The van der Waals surface area contributed by atoms with Gasteiger partial charge in [0.1, 0.15) is 22.6 Å². The third kappa shape index (κ3) is 4.67. The molecule has 1 aliphatic heterocycles. The highest BCUT2D eigenvalue weighted by Crippen LogP contribution is 2.27. The molecule has 1 N–H and O–H groups in total. The van der Waals surface area contributed by atoms with Crippen LogP contribution in [-0.2, 0) is 10.1 Å². The first-order valence-electron chi connectivity index (χ1n) is 8.36. The van der Waals surface area contributed by atoms with Crippen LogP contribution in [0.5, 0.6) is 11.5 Å². The minimum Gasteiger partial charge on any atom is -0.475 e. The van der Waals surface area contributed by atoms with Crippen LogP contribution in [-0.4, -0.2) is 45.7 Å². The van der Waals surface area contributed by atoms with E-state index in [-0.39, 0.29) is 21.9 Å². The van der Waals surface area contributed by atoms with E-state index in [0.717, 1.165) is 26.2 Å². The third-order valence-electron chi connectivity index (χ3n) is 4.09. The van der Waals surface area contributed by atoms with Crippen LogP contribution >= 0.6 is 11.6 Å². The zero-order valence-electron chi connectivity index (χ0n) is 14.4. The van der Waals surface area contributed by atoms with Gasteiger partial charge >= 0.3 is 10.1 Å². The van der Waals surface area contributed by atoms with Crippen LogP contribution in [0, 0.1) is 0 Å². The number of hydrogen-bond acceptors (Lipinski definition) is 6. The van der Waals surface area contributed by atoms with Gasteiger partial charge in [-0.25, -0.2) is 0 Å². The summed E-state index contributed by atoms with van der Waals surface area (Å²) in [5.41, 5.74) is 0. The predicted octanol–water partition coefficient (Wildman–Crippen LogP) is 2.74. The van der Waals surface area contributed by atoms with Crippen molar-refractivity contribution < 1.29 is 17.3 Å². The van der Waals surface area contributed by atoms with E-state index in [4.69, 9.17) is 20.5 Å². The lowest BCUT2D eigenvalue weighted by Gasteiger charge is -2.32. The summed E-state index contributed by atoms with van der Waals surface area (Å²) in [5.74, 6) is 0.720. The van der Waals surface area contributed by atoms with Crippen molar-refractivity contribution in [2.75, 3.05) is 26.2 Å². The number of nitrogens with one attached hydrogen (secondary N) is 1. The Kier molecular flexibility index (Phi) is 6.03. The second-order valence-corrected chi connectivity index (χ2v) is 7.87. The van der Waals surface area contributed by atoms with Crippen LogP contribution in [0.2, 0.25) is 5.02 Å². The van der Waals surface area contributed by atoms with Crippen LogP contribution < -0.4 is 14.2 Å². The van der Waals surface area contributed by atoms with Crippen molar-refractivity contribution in [3.8, 4) is 11.5 Å². The minimum atomic E-state index is -4.02. The number of benzene rings is 2. The number of hydrogen-bond donors (Lipinski definition) is 1. The van der Waals surface area contributed by atoms with Gasteiger partial charge in [-0.2, -0.15) is 8.42 Å². The van der Waals surface area contributed by atoms with E-state index in [1.165, 1.54) is 12.1 Å². The monoisotopic (exact) mass is 396 g/mol. The molecular weight excluding hydrogens is 376 g/mol. The number of nitrogens with zero attached hydrogens (tertiary/aromatic N) is 1. The molecule has 0 aliphatic carbocycles. The molecule has 6 nitrogen and oxygen atoms in total. The van der Waals surface area contributed by atoms with Crippen molar-refractivity contribution in [2.24, 2.45) is 0 Å². The lowest BCUT2D eigenvalue weighted by atomic mass is 10.3. The first kappa shape index (κ1) is 19.0. The Morgan fingerprint density at radius 2 is 1.77 bits per heavy atom. The number of ether oxygens (including phenoxy) is 1. The molecule has 8 heteroatoms. The molecule has 0 radical (unpaired) electrons. The second kappa shape index (κ2) is 8.26. The number of piperazine rings is 1. The largest absolute Gasteiger partial charge is 0.475 e. The van der Waals surface area contributed by atoms with Gasteiger partial charge in [0.25, 0.3) is 0 Å². The van der Waals surface area contributed by atoms with Gasteiger partial charge < -0.3 is 14.2 Å². The third-order valence-corrected chi connectivity index (χ3v) is 5.84. The van der Waals surface area contributed by atoms with Crippen molar-refractivity contribution in [2.45, 2.75) is 18.0 Å². The summed E-state index contributed by atoms with van der Waals surface area (Å²) < 4.78 is 36.0. The van der Waals surface area contributed by atoms with Crippen LogP contribution in [0.25, 0.3) is 0 Å². The van der Waals surface area contributed by atoms with E-state index in [9.17, 15) is 8.42 Å². The van der Waals surface area contributed by atoms with Gasteiger partial charge in [0, 0.05) is 32.2 Å². The Morgan fingerprint density at radius 1 is 1.08 bits per heavy atom. The van der Waals surface area contributed by atoms with Gasteiger partial charge in [-0.1, -0.05) is 29.8 Å². The Morgan fingerprint density at radius 3 is 2.50 bits per heavy atom. The smallest absolute Gasteiger partial charge is 0.340 e. The molecule has 0 amide bonds. The second-order valence-electron chi connectivity index (χ2n) is 5.95. The van der Waals surface area contributed by atoms with Crippen molar-refractivity contribution in [1.29, 1.82) is 0 Å². The van der Waals surface area contributed by atoms with E-state index in [0.29, 0.717) is 5.75 Å². The number of rotatable bonds is 6. The molecule has 1 aliphatic rings. The summed E-state index contributed by atoms with van der Waals surface area (Å²) in [4.78, 5) is 2.15. The van der Waals surface area contributed by atoms with Crippen LogP contribution in [0.4, 0.5) is 0 Å². The standard InChI is InChI=1S/C18H21ClN2O4S/c1-14(21-11-9-20-10-12-21)24-15-5-4-6-16(13-15)25-26(22,23)18-8-3-2-7-17(18)19/h2-8,13-14,20H,9-12H2,1H3. The molecule has 0 saturated carbocycles. The zero-order chi connectivity index (χ0) is 18.6. The molecule has 1 saturated heterocycles. The van der Waals surface area contributed by atoms with E-state index in [1.807, 2.05) is 6.92 Å². The maximum absolute atomic E-state index is 12.4. The van der Waals surface area contributed by atoms with Gasteiger partial charge in [0.15, 0.2) is 0 Å². The van der Waals surface area contributed by atoms with Crippen molar-refractivity contribution in [3.63, 3.8) is 0 Å². The lowest BCUT2D eigenvalue weighted by molar-refractivity contribution is 0.0311.